The fourth-order valence-electron chi connectivity index (χ4n) is 1.72. The zero-order chi connectivity index (χ0) is 12.8. The van der Waals surface area contributed by atoms with Crippen molar-refractivity contribution >= 4 is 21.8 Å². The first-order chi connectivity index (χ1) is 8.08. The fraction of sp³-hybridized carbons (Fsp3) is 0.667. The molecule has 1 aromatic heterocycles. The molecule has 0 bridgehead atoms. The molecular formula is C12H20BrN3O. The molecule has 1 amide bonds. The van der Waals surface area contributed by atoms with Gasteiger partial charge < -0.3 is 5.32 Å². The number of hydrogen-bond acceptors (Lipinski definition) is 2. The summed E-state index contributed by atoms with van der Waals surface area (Å²) in [5.74, 6) is -0.0328. The summed E-state index contributed by atoms with van der Waals surface area (Å²) >= 11 is 3.39. The van der Waals surface area contributed by atoms with Crippen LogP contribution in [0.15, 0.2) is 6.07 Å². The number of alkyl halides is 1. The number of aryl methyl sites for hydroxylation is 2. The van der Waals surface area contributed by atoms with Gasteiger partial charge in [-0.25, -0.2) is 0 Å². The molecule has 1 heterocycles. The lowest BCUT2D eigenvalue weighted by Gasteiger charge is -2.13. The molecule has 1 unspecified atom stereocenters. The Balaban J connectivity index is 2.62. The summed E-state index contributed by atoms with van der Waals surface area (Å²) in [6, 6.07) is 2.02. The van der Waals surface area contributed by atoms with Crippen molar-refractivity contribution in [2.75, 3.05) is 5.33 Å². The van der Waals surface area contributed by atoms with Crippen LogP contribution in [0.5, 0.6) is 0 Å². The van der Waals surface area contributed by atoms with E-state index in [1.165, 1.54) is 0 Å². The molecular weight excluding hydrogens is 282 g/mol. The van der Waals surface area contributed by atoms with E-state index < -0.39 is 0 Å². The second kappa shape index (κ2) is 6.79. The second-order valence-corrected chi connectivity index (χ2v) is 4.99. The molecule has 1 aromatic rings. The largest absolute Gasteiger partial charge is 0.348 e. The number of rotatable bonds is 6. The quantitative estimate of drug-likeness (QED) is 0.821. The van der Waals surface area contributed by atoms with Crippen LogP contribution in [0.1, 0.15) is 42.9 Å². The van der Waals surface area contributed by atoms with E-state index in [0.29, 0.717) is 12.2 Å². The van der Waals surface area contributed by atoms with E-state index in [4.69, 9.17) is 0 Å². The highest BCUT2D eigenvalue weighted by Gasteiger charge is 2.14. The molecule has 4 nitrogen and oxygen atoms in total. The summed E-state index contributed by atoms with van der Waals surface area (Å²) in [6.45, 7) is 6.63. The molecule has 0 saturated heterocycles. The van der Waals surface area contributed by atoms with Gasteiger partial charge in [-0.1, -0.05) is 15.9 Å². The molecule has 0 radical (unpaired) electrons. The molecule has 0 aromatic carbocycles. The summed E-state index contributed by atoms with van der Waals surface area (Å²) in [7, 11) is 0. The van der Waals surface area contributed by atoms with Crippen LogP contribution >= 0.6 is 15.9 Å². The number of halogens is 1. The van der Waals surface area contributed by atoms with Crippen LogP contribution < -0.4 is 5.32 Å². The number of carbonyl (C=O) groups is 1. The van der Waals surface area contributed by atoms with E-state index >= 15 is 0 Å². The van der Waals surface area contributed by atoms with E-state index in [1.54, 1.807) is 4.68 Å². The van der Waals surface area contributed by atoms with Crippen molar-refractivity contribution in [2.24, 2.45) is 0 Å². The number of nitrogens with zero attached hydrogens (tertiary/aromatic N) is 2. The van der Waals surface area contributed by atoms with Gasteiger partial charge in [0.25, 0.3) is 5.91 Å². The van der Waals surface area contributed by atoms with Gasteiger partial charge in [0.2, 0.25) is 0 Å². The van der Waals surface area contributed by atoms with Crippen LogP contribution in [0.25, 0.3) is 0 Å². The Morgan fingerprint density at radius 2 is 2.35 bits per heavy atom. The summed E-state index contributed by atoms with van der Waals surface area (Å²) in [5, 5.41) is 8.24. The predicted molar refractivity (Wildman–Crippen MR) is 72.6 cm³/mol. The lowest BCUT2D eigenvalue weighted by atomic mass is 10.2. The van der Waals surface area contributed by atoms with Crippen molar-refractivity contribution in [2.45, 2.75) is 46.2 Å². The van der Waals surface area contributed by atoms with Crippen molar-refractivity contribution in [3.8, 4) is 0 Å². The van der Waals surface area contributed by atoms with E-state index in [9.17, 15) is 4.79 Å². The predicted octanol–water partition coefficient (Wildman–Crippen LogP) is 2.50. The average Bonchev–Trinajstić information content (AvgIpc) is 2.67. The van der Waals surface area contributed by atoms with Crippen LogP contribution in [-0.2, 0) is 6.54 Å². The van der Waals surface area contributed by atoms with Crippen LogP contribution in [0.2, 0.25) is 0 Å². The minimum absolute atomic E-state index is 0.0328. The minimum Gasteiger partial charge on any atom is -0.348 e. The Labute approximate surface area is 111 Å². The fourth-order valence-corrected chi connectivity index (χ4v) is 2.05. The molecule has 5 heteroatoms. The van der Waals surface area contributed by atoms with Crippen molar-refractivity contribution in [3.63, 3.8) is 0 Å². The van der Waals surface area contributed by atoms with Gasteiger partial charge in [0.1, 0.15) is 5.69 Å². The van der Waals surface area contributed by atoms with E-state index in [-0.39, 0.29) is 11.9 Å². The summed E-state index contributed by atoms with van der Waals surface area (Å²) < 4.78 is 1.74. The van der Waals surface area contributed by atoms with Crippen molar-refractivity contribution < 1.29 is 4.79 Å². The van der Waals surface area contributed by atoms with Gasteiger partial charge in [0.05, 0.1) is 5.69 Å². The SMILES string of the molecule is CCn1nc(C)cc1C(=O)NC(C)CCCBr. The smallest absolute Gasteiger partial charge is 0.269 e. The first-order valence-electron chi connectivity index (χ1n) is 5.99. The lowest BCUT2D eigenvalue weighted by Crippen LogP contribution is -2.34. The maximum Gasteiger partial charge on any atom is 0.269 e. The van der Waals surface area contributed by atoms with Crippen molar-refractivity contribution in [1.29, 1.82) is 0 Å². The molecule has 1 atom stereocenters. The topological polar surface area (TPSA) is 46.9 Å². The lowest BCUT2D eigenvalue weighted by molar-refractivity contribution is 0.0927. The van der Waals surface area contributed by atoms with Crippen LogP contribution in [-0.4, -0.2) is 27.1 Å². The monoisotopic (exact) mass is 301 g/mol. The van der Waals surface area contributed by atoms with Crippen LogP contribution in [0, 0.1) is 6.92 Å². The molecule has 1 N–H and O–H groups in total. The zero-order valence-corrected chi connectivity index (χ0v) is 12.2. The third-order valence-corrected chi connectivity index (χ3v) is 3.14. The molecule has 0 fully saturated rings. The number of nitrogens with one attached hydrogen (secondary N) is 1. The molecule has 96 valence electrons. The Hall–Kier alpha value is -0.840. The normalized spacial score (nSPS) is 12.5. The number of hydrogen-bond donors (Lipinski definition) is 1. The van der Waals surface area contributed by atoms with Gasteiger partial charge in [0.15, 0.2) is 0 Å². The molecule has 0 saturated carbocycles. The van der Waals surface area contributed by atoms with Gasteiger partial charge in [-0.15, -0.1) is 0 Å². The summed E-state index contributed by atoms with van der Waals surface area (Å²) in [6.07, 6.45) is 2.05. The number of aromatic nitrogens is 2. The minimum atomic E-state index is -0.0328. The van der Waals surface area contributed by atoms with Gasteiger partial charge >= 0.3 is 0 Å². The van der Waals surface area contributed by atoms with E-state index in [2.05, 4.69) is 26.3 Å². The third kappa shape index (κ3) is 4.15. The molecule has 0 aliphatic carbocycles. The molecule has 0 aliphatic rings. The first-order valence-corrected chi connectivity index (χ1v) is 7.12. The summed E-state index contributed by atoms with van der Waals surface area (Å²) in [5.41, 5.74) is 1.53. The number of amides is 1. The summed E-state index contributed by atoms with van der Waals surface area (Å²) in [4.78, 5) is 12.0. The zero-order valence-electron chi connectivity index (χ0n) is 10.7. The average molecular weight is 302 g/mol. The Kier molecular flexibility index (Phi) is 5.68. The van der Waals surface area contributed by atoms with Gasteiger partial charge in [-0.2, -0.15) is 5.10 Å². The van der Waals surface area contributed by atoms with Gasteiger partial charge in [0, 0.05) is 17.9 Å². The Morgan fingerprint density at radius 3 is 2.94 bits per heavy atom. The van der Waals surface area contributed by atoms with E-state index in [1.807, 2.05) is 26.8 Å². The van der Waals surface area contributed by atoms with Crippen LogP contribution in [0.4, 0.5) is 0 Å². The van der Waals surface area contributed by atoms with Gasteiger partial charge in [-0.3, -0.25) is 9.48 Å². The number of carbonyl (C=O) groups excluding carboxylic acids is 1. The molecule has 1 rings (SSSR count). The standard InChI is InChI=1S/C12H20BrN3O/c1-4-16-11(8-10(3)15-16)12(17)14-9(2)6-5-7-13/h8-9H,4-7H2,1-3H3,(H,14,17). The second-order valence-electron chi connectivity index (χ2n) is 4.19. The molecule has 0 spiro atoms. The van der Waals surface area contributed by atoms with Gasteiger partial charge in [-0.05, 0) is 39.7 Å². The van der Waals surface area contributed by atoms with Crippen molar-refractivity contribution in [3.05, 3.63) is 17.5 Å². The molecule has 0 aliphatic heterocycles. The van der Waals surface area contributed by atoms with Crippen LogP contribution in [0.3, 0.4) is 0 Å². The maximum atomic E-state index is 12.0. The third-order valence-electron chi connectivity index (χ3n) is 2.58. The highest BCUT2D eigenvalue weighted by atomic mass is 79.9. The Morgan fingerprint density at radius 1 is 1.65 bits per heavy atom. The van der Waals surface area contributed by atoms with Crippen molar-refractivity contribution in [1.82, 2.24) is 15.1 Å². The highest BCUT2D eigenvalue weighted by molar-refractivity contribution is 9.09. The first kappa shape index (κ1) is 14.2. The maximum absolute atomic E-state index is 12.0. The van der Waals surface area contributed by atoms with E-state index in [0.717, 1.165) is 23.9 Å². The molecule has 17 heavy (non-hydrogen) atoms. The Bertz CT molecular complexity index is 376. The highest BCUT2D eigenvalue weighted by Crippen LogP contribution is 2.06.